The molecule has 0 fully saturated rings. The Kier molecular flexibility index (Phi) is 5.00. The van der Waals surface area contributed by atoms with Crippen molar-refractivity contribution in [1.82, 2.24) is 4.98 Å². The summed E-state index contributed by atoms with van der Waals surface area (Å²) in [4.78, 5) is 16.2. The molecule has 0 bridgehead atoms. The van der Waals surface area contributed by atoms with Crippen molar-refractivity contribution in [2.24, 2.45) is 5.92 Å². The minimum Gasteiger partial charge on any atom is -0.496 e. The van der Waals surface area contributed by atoms with E-state index in [1.54, 1.807) is 7.11 Å². The van der Waals surface area contributed by atoms with Gasteiger partial charge in [-0.3, -0.25) is 0 Å². The summed E-state index contributed by atoms with van der Waals surface area (Å²) in [5.41, 5.74) is 1.44. The first-order valence-corrected chi connectivity index (χ1v) is 8.10. The molecule has 0 radical (unpaired) electrons. The van der Waals surface area contributed by atoms with E-state index in [0.717, 1.165) is 10.0 Å². The van der Waals surface area contributed by atoms with E-state index in [1.165, 1.54) is 11.3 Å². The number of aromatic carboxylic acids is 1. The lowest BCUT2D eigenvalue weighted by molar-refractivity contribution is 0.0700. The van der Waals surface area contributed by atoms with Gasteiger partial charge in [0.05, 0.1) is 18.4 Å². The highest BCUT2D eigenvalue weighted by atomic mass is 79.9. The normalized spacial score (nSPS) is 10.9. The van der Waals surface area contributed by atoms with Crippen LogP contribution in [-0.2, 0) is 6.42 Å². The quantitative estimate of drug-likeness (QED) is 0.843. The van der Waals surface area contributed by atoms with Crippen molar-refractivity contribution in [3.63, 3.8) is 0 Å². The summed E-state index contributed by atoms with van der Waals surface area (Å²) < 4.78 is 6.24. The number of benzene rings is 1. The zero-order valence-electron chi connectivity index (χ0n) is 12.0. The summed E-state index contributed by atoms with van der Waals surface area (Å²) in [6, 6.07) is 5.61. The molecule has 1 aromatic heterocycles. The number of methoxy groups -OCH3 is 1. The summed E-state index contributed by atoms with van der Waals surface area (Å²) in [5, 5.41) is 10.0. The molecule has 0 saturated carbocycles. The topological polar surface area (TPSA) is 59.4 Å². The molecule has 2 rings (SSSR count). The lowest BCUT2D eigenvalue weighted by atomic mass is 10.1. The van der Waals surface area contributed by atoms with Crippen molar-refractivity contribution in [1.29, 1.82) is 0 Å². The van der Waals surface area contributed by atoms with E-state index < -0.39 is 5.97 Å². The number of hydrogen-bond donors (Lipinski definition) is 1. The molecule has 0 amide bonds. The monoisotopic (exact) mass is 369 g/mol. The Morgan fingerprint density at radius 1 is 1.48 bits per heavy atom. The Hall–Kier alpha value is -1.40. The number of carboxylic acids is 1. The van der Waals surface area contributed by atoms with E-state index in [4.69, 9.17) is 4.74 Å². The van der Waals surface area contributed by atoms with Gasteiger partial charge in [0.25, 0.3) is 0 Å². The first-order valence-electron chi connectivity index (χ1n) is 6.49. The van der Waals surface area contributed by atoms with Gasteiger partial charge >= 0.3 is 5.97 Å². The smallest absolute Gasteiger partial charge is 0.347 e. The van der Waals surface area contributed by atoms with Crippen LogP contribution < -0.4 is 4.74 Å². The molecular formula is C15H16BrNO3S. The highest BCUT2D eigenvalue weighted by Crippen LogP contribution is 2.36. The largest absolute Gasteiger partial charge is 0.496 e. The fraction of sp³-hybridized carbons (Fsp3) is 0.333. The lowest BCUT2D eigenvalue weighted by Crippen LogP contribution is -2.02. The fourth-order valence-electron chi connectivity index (χ4n) is 2.01. The first-order chi connectivity index (χ1) is 9.92. The van der Waals surface area contributed by atoms with Crippen LogP contribution in [0.3, 0.4) is 0 Å². The van der Waals surface area contributed by atoms with E-state index in [-0.39, 0.29) is 0 Å². The number of thiazole rings is 1. The molecule has 1 heterocycles. The molecule has 0 aliphatic rings. The van der Waals surface area contributed by atoms with Crippen LogP contribution in [0.4, 0.5) is 0 Å². The van der Waals surface area contributed by atoms with Gasteiger partial charge in [-0.05, 0) is 30.5 Å². The van der Waals surface area contributed by atoms with Gasteiger partial charge in [-0.15, -0.1) is 11.3 Å². The summed E-state index contributed by atoms with van der Waals surface area (Å²) in [7, 11) is 1.59. The number of hydrogen-bond acceptors (Lipinski definition) is 4. The number of aromatic nitrogens is 1. The van der Waals surface area contributed by atoms with Crippen LogP contribution in [0, 0.1) is 5.92 Å². The third-order valence-electron chi connectivity index (χ3n) is 2.89. The molecule has 0 atom stereocenters. The first kappa shape index (κ1) is 16.0. The van der Waals surface area contributed by atoms with Gasteiger partial charge < -0.3 is 9.84 Å². The van der Waals surface area contributed by atoms with E-state index in [0.29, 0.717) is 33.7 Å². The van der Waals surface area contributed by atoms with Crippen molar-refractivity contribution in [2.75, 3.05) is 7.11 Å². The van der Waals surface area contributed by atoms with Gasteiger partial charge in [0, 0.05) is 4.47 Å². The van der Waals surface area contributed by atoms with E-state index in [1.807, 2.05) is 32.0 Å². The molecular weight excluding hydrogens is 354 g/mol. The maximum atomic E-state index is 11.4. The number of halogens is 1. The number of carbonyl (C=O) groups is 1. The van der Waals surface area contributed by atoms with Gasteiger partial charge in [-0.2, -0.15) is 0 Å². The van der Waals surface area contributed by atoms with Gasteiger partial charge in [0.1, 0.15) is 15.6 Å². The van der Waals surface area contributed by atoms with Crippen molar-refractivity contribution in [3.05, 3.63) is 33.2 Å². The molecule has 1 N–H and O–H groups in total. The van der Waals surface area contributed by atoms with Crippen molar-refractivity contribution < 1.29 is 14.6 Å². The van der Waals surface area contributed by atoms with Crippen LogP contribution in [0.1, 0.15) is 29.2 Å². The van der Waals surface area contributed by atoms with Crippen molar-refractivity contribution in [2.45, 2.75) is 20.3 Å². The third kappa shape index (κ3) is 3.63. The van der Waals surface area contributed by atoms with Gasteiger partial charge in [0.2, 0.25) is 0 Å². The van der Waals surface area contributed by atoms with Gasteiger partial charge in [0.15, 0.2) is 0 Å². The van der Waals surface area contributed by atoms with Crippen LogP contribution in [0.15, 0.2) is 22.7 Å². The fourth-order valence-corrected chi connectivity index (χ4v) is 3.32. The summed E-state index contributed by atoms with van der Waals surface area (Å²) in [6.45, 7) is 4.09. The Balaban J connectivity index is 2.54. The molecule has 6 heteroatoms. The minimum atomic E-state index is -0.927. The predicted molar refractivity (Wildman–Crippen MR) is 87.3 cm³/mol. The summed E-state index contributed by atoms with van der Waals surface area (Å²) in [5.74, 6) is 0.103. The van der Waals surface area contributed by atoms with E-state index in [2.05, 4.69) is 20.9 Å². The highest BCUT2D eigenvalue weighted by Gasteiger charge is 2.20. The van der Waals surface area contributed by atoms with Gasteiger partial charge in [-0.1, -0.05) is 29.8 Å². The standard InChI is InChI=1S/C15H16BrNO3S/c1-8(2)6-11-13(15(18)19)21-14(17-11)10-7-9(16)4-5-12(10)20-3/h4-5,7-8H,6H2,1-3H3,(H,18,19). The molecule has 112 valence electrons. The Labute approximate surface area is 135 Å². The molecule has 0 spiro atoms. The lowest BCUT2D eigenvalue weighted by Gasteiger charge is -2.06. The number of nitrogens with zero attached hydrogens (tertiary/aromatic N) is 1. The van der Waals surface area contributed by atoms with Crippen LogP contribution in [0.25, 0.3) is 10.6 Å². The zero-order valence-corrected chi connectivity index (χ0v) is 14.4. The SMILES string of the molecule is COc1ccc(Br)cc1-c1nc(CC(C)C)c(C(=O)O)s1. The second-order valence-corrected chi connectivity index (χ2v) is 6.96. The van der Waals surface area contributed by atoms with Crippen molar-refractivity contribution in [3.8, 4) is 16.3 Å². The maximum Gasteiger partial charge on any atom is 0.347 e. The minimum absolute atomic E-state index is 0.306. The van der Waals surface area contributed by atoms with Gasteiger partial charge in [-0.25, -0.2) is 9.78 Å². The number of ether oxygens (including phenoxy) is 1. The maximum absolute atomic E-state index is 11.4. The molecule has 0 aliphatic carbocycles. The molecule has 4 nitrogen and oxygen atoms in total. The molecule has 0 saturated heterocycles. The second-order valence-electron chi connectivity index (χ2n) is 5.04. The third-order valence-corrected chi connectivity index (χ3v) is 4.50. The van der Waals surface area contributed by atoms with E-state index >= 15 is 0 Å². The summed E-state index contributed by atoms with van der Waals surface area (Å²) in [6.07, 6.45) is 0.647. The van der Waals surface area contributed by atoms with Crippen LogP contribution >= 0.6 is 27.3 Å². The van der Waals surface area contributed by atoms with Crippen molar-refractivity contribution >= 4 is 33.2 Å². The van der Waals surface area contributed by atoms with Crippen LogP contribution in [0.2, 0.25) is 0 Å². The highest BCUT2D eigenvalue weighted by molar-refractivity contribution is 9.10. The van der Waals surface area contributed by atoms with E-state index in [9.17, 15) is 9.90 Å². The zero-order chi connectivity index (χ0) is 15.6. The van der Waals surface area contributed by atoms with Crippen LogP contribution in [0.5, 0.6) is 5.75 Å². The summed E-state index contributed by atoms with van der Waals surface area (Å²) >= 11 is 4.61. The Morgan fingerprint density at radius 2 is 2.19 bits per heavy atom. The molecule has 0 unspecified atom stereocenters. The molecule has 1 aromatic carbocycles. The number of rotatable bonds is 5. The molecule has 0 aliphatic heterocycles. The second kappa shape index (κ2) is 6.58. The Morgan fingerprint density at radius 3 is 2.76 bits per heavy atom. The van der Waals surface area contributed by atoms with Crippen LogP contribution in [-0.4, -0.2) is 23.2 Å². The molecule has 21 heavy (non-hydrogen) atoms. The predicted octanol–water partition coefficient (Wildman–Crippen LogP) is 4.48. The Bertz CT molecular complexity index is 667. The number of carboxylic acid groups (broad SMARTS) is 1. The average molecular weight is 370 g/mol. The molecule has 2 aromatic rings. The average Bonchev–Trinajstić information content (AvgIpc) is 2.81.